The summed E-state index contributed by atoms with van der Waals surface area (Å²) >= 11 is 0. The van der Waals surface area contributed by atoms with Gasteiger partial charge in [0.2, 0.25) is 0 Å². The number of hydrogen-bond donors (Lipinski definition) is 1. The van der Waals surface area contributed by atoms with Gasteiger partial charge in [0.1, 0.15) is 0 Å². The number of rotatable bonds is 6. The maximum absolute atomic E-state index is 4.94. The molecule has 0 radical (unpaired) electrons. The van der Waals surface area contributed by atoms with Crippen LogP contribution in [-0.2, 0) is 13.1 Å². The average molecular weight is 530 g/mol. The zero-order chi connectivity index (χ0) is 20.6. The predicted molar refractivity (Wildman–Crippen MR) is 138 cm³/mol. The quantitative estimate of drug-likeness (QED) is 0.299. The number of aliphatic imine (C=N–C) groups is 1. The fraction of sp³-hybridized carbons (Fsp3) is 0.333. The number of anilines is 1. The molecule has 1 aliphatic heterocycles. The molecule has 1 fully saturated rings. The summed E-state index contributed by atoms with van der Waals surface area (Å²) < 4.78 is 2.08. The van der Waals surface area contributed by atoms with Crippen LogP contribution in [0.5, 0.6) is 0 Å². The number of piperazine rings is 1. The van der Waals surface area contributed by atoms with Crippen molar-refractivity contribution in [1.29, 1.82) is 0 Å². The molecular weight excluding hydrogens is 499 g/mol. The van der Waals surface area contributed by atoms with Gasteiger partial charge in [-0.15, -0.1) is 24.0 Å². The fourth-order valence-corrected chi connectivity index (χ4v) is 3.82. The van der Waals surface area contributed by atoms with Gasteiger partial charge in [-0.05, 0) is 30.2 Å². The molecule has 0 spiro atoms. The molecule has 2 heterocycles. The molecule has 0 amide bonds. The van der Waals surface area contributed by atoms with Crippen molar-refractivity contribution in [2.75, 3.05) is 37.6 Å². The van der Waals surface area contributed by atoms with Crippen LogP contribution >= 0.6 is 24.0 Å². The minimum absolute atomic E-state index is 0. The lowest BCUT2D eigenvalue weighted by atomic mass is 10.1. The predicted octanol–water partition coefficient (Wildman–Crippen LogP) is 3.84. The Labute approximate surface area is 202 Å². The number of hydrogen-bond acceptors (Lipinski definition) is 3. The van der Waals surface area contributed by atoms with E-state index in [9.17, 15) is 0 Å². The van der Waals surface area contributed by atoms with Gasteiger partial charge in [-0.3, -0.25) is 0 Å². The van der Waals surface area contributed by atoms with Crippen LogP contribution in [0.2, 0.25) is 0 Å². The van der Waals surface area contributed by atoms with Gasteiger partial charge in [-0.2, -0.15) is 0 Å². The first-order valence-electron chi connectivity index (χ1n) is 10.7. The lowest BCUT2D eigenvalue weighted by Gasteiger charge is -2.37. The molecule has 3 aromatic rings. The monoisotopic (exact) mass is 530 g/mol. The molecule has 0 atom stereocenters. The SMILES string of the molecule is CCNC(=NCc1cccc(Cn2ccnc2)c1)N1CCN(c2ccccc2)CC1.I. The number of nitrogens with one attached hydrogen (secondary N) is 1. The molecule has 6 nitrogen and oxygen atoms in total. The standard InChI is InChI=1S/C24H30N6.HI/c1-2-26-24(30-15-13-29(14-16-30)23-9-4-3-5-10-23)27-18-21-7-6-8-22(17-21)19-28-12-11-25-20-28;/h3-12,17,20H,2,13-16,18-19H2,1H3,(H,26,27);1H. The van der Waals surface area contributed by atoms with Crippen molar-refractivity contribution in [2.45, 2.75) is 20.0 Å². The Balaban J connectivity index is 0.00000272. The van der Waals surface area contributed by atoms with E-state index in [1.807, 2.05) is 18.7 Å². The smallest absolute Gasteiger partial charge is 0.194 e. The molecule has 0 aliphatic carbocycles. The van der Waals surface area contributed by atoms with Crippen LogP contribution in [0, 0.1) is 0 Å². The molecule has 1 saturated heterocycles. The van der Waals surface area contributed by atoms with Crippen molar-refractivity contribution >= 4 is 35.6 Å². The van der Waals surface area contributed by atoms with E-state index < -0.39 is 0 Å². The van der Waals surface area contributed by atoms with Crippen LogP contribution < -0.4 is 10.2 Å². The molecule has 0 saturated carbocycles. The summed E-state index contributed by atoms with van der Waals surface area (Å²) in [6.07, 6.45) is 5.65. The van der Waals surface area contributed by atoms with Crippen LogP contribution in [0.4, 0.5) is 5.69 Å². The highest BCUT2D eigenvalue weighted by Gasteiger charge is 2.19. The van der Waals surface area contributed by atoms with Crippen LogP contribution in [-0.4, -0.2) is 53.1 Å². The summed E-state index contributed by atoms with van der Waals surface area (Å²) in [4.78, 5) is 13.9. The number of halogens is 1. The Hall–Kier alpha value is -2.55. The second kappa shape index (κ2) is 11.7. The number of benzene rings is 2. The van der Waals surface area contributed by atoms with E-state index in [0.717, 1.165) is 45.2 Å². The molecule has 1 N–H and O–H groups in total. The third kappa shape index (κ3) is 6.46. The van der Waals surface area contributed by atoms with Crippen molar-refractivity contribution in [2.24, 2.45) is 4.99 Å². The molecule has 0 unspecified atom stereocenters. The first-order chi connectivity index (χ1) is 14.8. The fourth-order valence-electron chi connectivity index (χ4n) is 3.82. The van der Waals surface area contributed by atoms with Crippen LogP contribution in [0.25, 0.3) is 0 Å². The highest BCUT2D eigenvalue weighted by molar-refractivity contribution is 14.0. The molecule has 2 aromatic carbocycles. The maximum Gasteiger partial charge on any atom is 0.194 e. The normalized spacial score (nSPS) is 14.3. The Morgan fingerprint density at radius 2 is 1.77 bits per heavy atom. The lowest BCUT2D eigenvalue weighted by Crippen LogP contribution is -2.52. The van der Waals surface area contributed by atoms with Gasteiger partial charge in [0.25, 0.3) is 0 Å². The minimum atomic E-state index is 0. The van der Waals surface area contributed by atoms with Gasteiger partial charge in [-0.1, -0.05) is 42.5 Å². The molecule has 1 aliphatic rings. The van der Waals surface area contributed by atoms with Crippen LogP contribution in [0.1, 0.15) is 18.1 Å². The summed E-state index contributed by atoms with van der Waals surface area (Å²) in [6, 6.07) is 19.3. The van der Waals surface area contributed by atoms with Crippen molar-refractivity contribution in [3.8, 4) is 0 Å². The molecule has 31 heavy (non-hydrogen) atoms. The third-order valence-electron chi connectivity index (χ3n) is 5.36. The topological polar surface area (TPSA) is 48.7 Å². The van der Waals surface area contributed by atoms with Crippen molar-refractivity contribution in [3.05, 3.63) is 84.4 Å². The molecule has 0 bridgehead atoms. The minimum Gasteiger partial charge on any atom is -0.368 e. The second-order valence-corrected chi connectivity index (χ2v) is 7.53. The van der Waals surface area contributed by atoms with Gasteiger partial charge in [0, 0.05) is 57.3 Å². The number of aromatic nitrogens is 2. The summed E-state index contributed by atoms with van der Waals surface area (Å²) in [5.41, 5.74) is 3.79. The molecule has 7 heteroatoms. The van der Waals surface area contributed by atoms with E-state index in [4.69, 9.17) is 4.99 Å². The van der Waals surface area contributed by atoms with E-state index in [1.54, 1.807) is 0 Å². The summed E-state index contributed by atoms with van der Waals surface area (Å²) in [5.74, 6) is 1.00. The number of guanidine groups is 1. The number of imidazole rings is 1. The third-order valence-corrected chi connectivity index (χ3v) is 5.36. The van der Waals surface area contributed by atoms with Gasteiger partial charge >= 0.3 is 0 Å². The van der Waals surface area contributed by atoms with Crippen molar-refractivity contribution in [1.82, 2.24) is 19.8 Å². The molecule has 164 valence electrons. The van der Waals surface area contributed by atoms with E-state index in [0.29, 0.717) is 6.54 Å². The number of para-hydroxylation sites is 1. The van der Waals surface area contributed by atoms with Gasteiger partial charge < -0.3 is 19.7 Å². The van der Waals surface area contributed by atoms with Crippen LogP contribution in [0.15, 0.2) is 78.3 Å². The first kappa shape index (κ1) is 23.1. The maximum atomic E-state index is 4.94. The molecular formula is C24H31IN6. The van der Waals surface area contributed by atoms with E-state index in [-0.39, 0.29) is 24.0 Å². The highest BCUT2D eigenvalue weighted by atomic mass is 127. The number of nitrogens with zero attached hydrogens (tertiary/aromatic N) is 5. The summed E-state index contributed by atoms with van der Waals surface area (Å²) in [6.45, 7) is 8.48. The Kier molecular flexibility index (Phi) is 8.75. The van der Waals surface area contributed by atoms with Gasteiger partial charge in [0.15, 0.2) is 5.96 Å². The van der Waals surface area contributed by atoms with E-state index >= 15 is 0 Å². The average Bonchev–Trinajstić information content (AvgIpc) is 3.31. The van der Waals surface area contributed by atoms with Crippen LogP contribution in [0.3, 0.4) is 0 Å². The Morgan fingerprint density at radius 1 is 1.00 bits per heavy atom. The van der Waals surface area contributed by atoms with Gasteiger partial charge in [-0.25, -0.2) is 9.98 Å². The lowest BCUT2D eigenvalue weighted by molar-refractivity contribution is 0.372. The second-order valence-electron chi connectivity index (χ2n) is 7.53. The zero-order valence-corrected chi connectivity index (χ0v) is 20.4. The first-order valence-corrected chi connectivity index (χ1v) is 10.7. The Morgan fingerprint density at radius 3 is 2.48 bits per heavy atom. The van der Waals surface area contributed by atoms with Crippen molar-refractivity contribution in [3.63, 3.8) is 0 Å². The zero-order valence-electron chi connectivity index (χ0n) is 18.0. The highest BCUT2D eigenvalue weighted by Crippen LogP contribution is 2.16. The summed E-state index contributed by atoms with van der Waals surface area (Å²) in [7, 11) is 0. The molecule has 1 aromatic heterocycles. The molecule has 4 rings (SSSR count). The van der Waals surface area contributed by atoms with Gasteiger partial charge in [0.05, 0.1) is 12.9 Å². The van der Waals surface area contributed by atoms with E-state index in [2.05, 4.69) is 86.2 Å². The Bertz CT molecular complexity index is 934. The summed E-state index contributed by atoms with van der Waals surface area (Å²) in [5, 5.41) is 3.47. The van der Waals surface area contributed by atoms with Crippen molar-refractivity contribution < 1.29 is 0 Å². The largest absolute Gasteiger partial charge is 0.368 e. The van der Waals surface area contributed by atoms with E-state index in [1.165, 1.54) is 16.8 Å².